The minimum absolute atomic E-state index is 0.0401. The van der Waals surface area contributed by atoms with Crippen molar-refractivity contribution >= 4 is 5.78 Å². The number of carbonyl (C=O) groups excluding carboxylic acids is 1. The molecule has 2 rings (SSSR count). The minimum atomic E-state index is -0.355. The molecule has 0 aromatic heterocycles. The number of Topliss-reactive ketones (excluding diaryl/α,β-unsaturated/α-hetero) is 1. The summed E-state index contributed by atoms with van der Waals surface area (Å²) in [4.78, 5) is 12.9. The first-order valence-corrected chi connectivity index (χ1v) is 7.53. The van der Waals surface area contributed by atoms with Gasteiger partial charge in [0.1, 0.15) is 11.5 Å². The number of hydrogen-bond acceptors (Lipinski definition) is 5. The van der Waals surface area contributed by atoms with Gasteiger partial charge >= 0.3 is 0 Å². The highest BCUT2D eigenvalue weighted by Gasteiger charge is 2.22. The molecule has 0 spiro atoms. The standard InChI is InChI=1S/C19H22O5/c1-12(13-6-9-16(22-3)18(10-13)24-5)19(20)15-8-7-14(21-2)11-17(15)23-4/h6-12H,1-5H3. The van der Waals surface area contributed by atoms with Crippen molar-refractivity contribution in [3.63, 3.8) is 0 Å². The van der Waals surface area contributed by atoms with Crippen LogP contribution in [0.15, 0.2) is 36.4 Å². The molecule has 0 heterocycles. The zero-order valence-electron chi connectivity index (χ0n) is 14.6. The van der Waals surface area contributed by atoms with Crippen molar-refractivity contribution in [2.24, 2.45) is 0 Å². The van der Waals surface area contributed by atoms with E-state index in [2.05, 4.69) is 0 Å². The summed E-state index contributed by atoms with van der Waals surface area (Å²) in [5, 5.41) is 0. The van der Waals surface area contributed by atoms with Gasteiger partial charge in [-0.15, -0.1) is 0 Å². The lowest BCUT2D eigenvalue weighted by Crippen LogP contribution is -2.11. The van der Waals surface area contributed by atoms with Gasteiger partial charge in [0.2, 0.25) is 0 Å². The van der Waals surface area contributed by atoms with Crippen LogP contribution in [-0.2, 0) is 0 Å². The van der Waals surface area contributed by atoms with Crippen LogP contribution in [0.5, 0.6) is 23.0 Å². The van der Waals surface area contributed by atoms with Gasteiger partial charge in [-0.25, -0.2) is 0 Å². The Kier molecular flexibility index (Phi) is 5.68. The fourth-order valence-electron chi connectivity index (χ4n) is 2.51. The number of carbonyl (C=O) groups is 1. The highest BCUT2D eigenvalue weighted by atomic mass is 16.5. The summed E-state index contributed by atoms with van der Waals surface area (Å²) in [5.41, 5.74) is 1.36. The molecule has 5 nitrogen and oxygen atoms in total. The van der Waals surface area contributed by atoms with E-state index in [9.17, 15) is 4.79 Å². The van der Waals surface area contributed by atoms with E-state index in [1.54, 1.807) is 45.6 Å². The van der Waals surface area contributed by atoms with Crippen LogP contribution in [0.25, 0.3) is 0 Å². The molecule has 2 aromatic rings. The molecule has 0 aliphatic rings. The summed E-state index contributed by atoms with van der Waals surface area (Å²) in [5.74, 6) is 1.96. The predicted octanol–water partition coefficient (Wildman–Crippen LogP) is 3.71. The highest BCUT2D eigenvalue weighted by Crippen LogP contribution is 2.34. The summed E-state index contributed by atoms with van der Waals surface area (Å²) in [6, 6.07) is 10.6. The van der Waals surface area contributed by atoms with E-state index in [1.165, 1.54) is 7.11 Å². The predicted molar refractivity (Wildman–Crippen MR) is 91.8 cm³/mol. The lowest BCUT2D eigenvalue weighted by Gasteiger charge is -2.16. The molecular formula is C19H22O5. The fourth-order valence-corrected chi connectivity index (χ4v) is 2.51. The van der Waals surface area contributed by atoms with Gasteiger partial charge < -0.3 is 18.9 Å². The van der Waals surface area contributed by atoms with Gasteiger partial charge in [-0.1, -0.05) is 13.0 Å². The third-order valence-electron chi connectivity index (χ3n) is 3.98. The van der Waals surface area contributed by atoms with Crippen molar-refractivity contribution in [3.8, 4) is 23.0 Å². The number of ether oxygens (including phenoxy) is 4. The maximum atomic E-state index is 12.9. The van der Waals surface area contributed by atoms with Gasteiger partial charge in [0.05, 0.1) is 34.0 Å². The molecule has 0 fully saturated rings. The SMILES string of the molecule is COc1ccc(C(=O)C(C)c2ccc(OC)c(OC)c2)c(OC)c1. The minimum Gasteiger partial charge on any atom is -0.497 e. The van der Waals surface area contributed by atoms with Crippen LogP contribution < -0.4 is 18.9 Å². The molecule has 0 saturated heterocycles. The molecule has 0 amide bonds. The van der Waals surface area contributed by atoms with E-state index >= 15 is 0 Å². The van der Waals surface area contributed by atoms with Crippen LogP contribution in [0, 0.1) is 0 Å². The van der Waals surface area contributed by atoms with Gasteiger partial charge in [0.15, 0.2) is 17.3 Å². The second kappa shape index (κ2) is 7.73. The van der Waals surface area contributed by atoms with E-state index in [0.29, 0.717) is 28.6 Å². The van der Waals surface area contributed by atoms with Crippen LogP contribution in [0.4, 0.5) is 0 Å². The first-order chi connectivity index (χ1) is 11.5. The molecule has 0 N–H and O–H groups in total. The lowest BCUT2D eigenvalue weighted by atomic mass is 9.91. The number of ketones is 1. The van der Waals surface area contributed by atoms with E-state index in [0.717, 1.165) is 5.56 Å². The Morgan fingerprint density at radius 3 is 2.04 bits per heavy atom. The van der Waals surface area contributed by atoms with Crippen molar-refractivity contribution in [1.82, 2.24) is 0 Å². The Balaban J connectivity index is 2.36. The molecule has 0 bridgehead atoms. The third kappa shape index (κ3) is 3.45. The third-order valence-corrected chi connectivity index (χ3v) is 3.98. The van der Waals surface area contributed by atoms with Gasteiger partial charge in [-0.2, -0.15) is 0 Å². The van der Waals surface area contributed by atoms with Gasteiger partial charge in [-0.3, -0.25) is 4.79 Å². The van der Waals surface area contributed by atoms with Crippen molar-refractivity contribution in [1.29, 1.82) is 0 Å². The van der Waals surface area contributed by atoms with E-state index in [-0.39, 0.29) is 11.7 Å². The average Bonchev–Trinajstić information content (AvgIpc) is 2.65. The molecule has 0 aliphatic heterocycles. The maximum absolute atomic E-state index is 12.9. The zero-order valence-corrected chi connectivity index (χ0v) is 14.6. The Hall–Kier alpha value is -2.69. The van der Waals surface area contributed by atoms with Crippen molar-refractivity contribution in [2.75, 3.05) is 28.4 Å². The van der Waals surface area contributed by atoms with Crippen LogP contribution in [0.2, 0.25) is 0 Å². The lowest BCUT2D eigenvalue weighted by molar-refractivity contribution is 0.0963. The Morgan fingerprint density at radius 1 is 0.792 bits per heavy atom. The van der Waals surface area contributed by atoms with Crippen LogP contribution in [-0.4, -0.2) is 34.2 Å². The van der Waals surface area contributed by atoms with Gasteiger partial charge in [-0.05, 0) is 29.8 Å². The normalized spacial score (nSPS) is 11.5. The van der Waals surface area contributed by atoms with Gasteiger partial charge in [0, 0.05) is 12.0 Å². The molecule has 128 valence electrons. The number of rotatable bonds is 7. The molecular weight excluding hydrogens is 308 g/mol. The summed E-state index contributed by atoms with van der Waals surface area (Å²) in [6.07, 6.45) is 0. The number of hydrogen-bond donors (Lipinski definition) is 0. The average molecular weight is 330 g/mol. The smallest absolute Gasteiger partial charge is 0.173 e. The maximum Gasteiger partial charge on any atom is 0.173 e. The summed E-state index contributed by atoms with van der Waals surface area (Å²) in [6.45, 7) is 1.85. The quantitative estimate of drug-likeness (QED) is 0.725. The molecule has 1 unspecified atom stereocenters. The second-order valence-corrected chi connectivity index (χ2v) is 5.27. The topological polar surface area (TPSA) is 54.0 Å². The summed E-state index contributed by atoms with van der Waals surface area (Å²) >= 11 is 0. The summed E-state index contributed by atoms with van der Waals surface area (Å²) < 4.78 is 21.0. The Labute approximate surface area is 142 Å². The summed E-state index contributed by atoms with van der Waals surface area (Å²) in [7, 11) is 6.25. The Morgan fingerprint density at radius 2 is 1.46 bits per heavy atom. The van der Waals surface area contributed by atoms with Crippen LogP contribution in [0.1, 0.15) is 28.8 Å². The molecule has 0 radical (unpaired) electrons. The first kappa shape index (κ1) is 17.7. The second-order valence-electron chi connectivity index (χ2n) is 5.27. The molecule has 0 aliphatic carbocycles. The largest absolute Gasteiger partial charge is 0.497 e. The molecule has 2 aromatic carbocycles. The van der Waals surface area contributed by atoms with Gasteiger partial charge in [0.25, 0.3) is 0 Å². The molecule has 0 saturated carbocycles. The van der Waals surface area contributed by atoms with E-state index in [4.69, 9.17) is 18.9 Å². The first-order valence-electron chi connectivity index (χ1n) is 7.53. The van der Waals surface area contributed by atoms with Crippen molar-refractivity contribution < 1.29 is 23.7 Å². The number of benzene rings is 2. The zero-order chi connectivity index (χ0) is 17.7. The van der Waals surface area contributed by atoms with Crippen molar-refractivity contribution in [3.05, 3.63) is 47.5 Å². The fraction of sp³-hybridized carbons (Fsp3) is 0.316. The molecule has 24 heavy (non-hydrogen) atoms. The Bertz CT molecular complexity index is 724. The highest BCUT2D eigenvalue weighted by molar-refractivity contribution is 6.03. The molecule has 1 atom stereocenters. The molecule has 5 heteroatoms. The van der Waals surface area contributed by atoms with Crippen LogP contribution in [0.3, 0.4) is 0 Å². The monoisotopic (exact) mass is 330 g/mol. The van der Waals surface area contributed by atoms with E-state index in [1.807, 2.05) is 19.1 Å². The van der Waals surface area contributed by atoms with Crippen molar-refractivity contribution in [2.45, 2.75) is 12.8 Å². The van der Waals surface area contributed by atoms with Crippen LogP contribution >= 0.6 is 0 Å². The number of methoxy groups -OCH3 is 4. The van der Waals surface area contributed by atoms with E-state index < -0.39 is 0 Å².